The predicted molar refractivity (Wildman–Crippen MR) is 127 cm³/mol. The normalized spacial score (nSPS) is 11.4. The topological polar surface area (TPSA) is 85.6 Å². The summed E-state index contributed by atoms with van der Waals surface area (Å²) in [5, 5.41) is 17.8. The van der Waals surface area contributed by atoms with Crippen molar-refractivity contribution in [3.63, 3.8) is 0 Å². The van der Waals surface area contributed by atoms with Gasteiger partial charge in [0, 0.05) is 27.2 Å². The molecule has 0 radical (unpaired) electrons. The summed E-state index contributed by atoms with van der Waals surface area (Å²) < 4.78 is 2.54. The van der Waals surface area contributed by atoms with E-state index in [9.17, 15) is 4.79 Å². The van der Waals surface area contributed by atoms with Crippen molar-refractivity contribution >= 4 is 68.4 Å². The molecule has 0 unspecified atom stereocenters. The number of pyridine rings is 1. The summed E-state index contributed by atoms with van der Waals surface area (Å²) in [5.41, 5.74) is 2.70. The van der Waals surface area contributed by atoms with Crippen LogP contribution in [0.3, 0.4) is 0 Å². The summed E-state index contributed by atoms with van der Waals surface area (Å²) in [4.78, 5) is 17.4. The first kappa shape index (κ1) is 22.0. The third-order valence-corrected chi connectivity index (χ3v) is 7.23. The molecule has 0 saturated heterocycles. The number of anilines is 1. The molecule has 7 nitrogen and oxygen atoms in total. The average Bonchev–Trinajstić information content (AvgIpc) is 3.33. The highest BCUT2D eigenvalue weighted by Gasteiger charge is 2.17. The summed E-state index contributed by atoms with van der Waals surface area (Å²) in [6.07, 6.45) is 1.72. The van der Waals surface area contributed by atoms with Crippen molar-refractivity contribution in [2.24, 2.45) is 0 Å². The first-order chi connectivity index (χ1) is 14.8. The van der Waals surface area contributed by atoms with Gasteiger partial charge < -0.3 is 0 Å². The monoisotopic (exact) mass is 492 g/mol. The highest BCUT2D eigenvalue weighted by molar-refractivity contribution is 8.00. The Hall–Kier alpha value is -2.20. The molecule has 0 atom stereocenters. The maximum Gasteiger partial charge on any atom is 0.259 e. The second-order valence-electron chi connectivity index (χ2n) is 7.03. The number of aryl methyl sites for hydroxylation is 1. The van der Waals surface area contributed by atoms with Crippen LogP contribution in [0.25, 0.3) is 11.0 Å². The molecule has 0 fully saturated rings. The maximum absolute atomic E-state index is 12.8. The van der Waals surface area contributed by atoms with E-state index in [-0.39, 0.29) is 11.9 Å². The van der Waals surface area contributed by atoms with E-state index in [0.29, 0.717) is 36.5 Å². The van der Waals surface area contributed by atoms with Gasteiger partial charge in [-0.3, -0.25) is 10.1 Å². The highest BCUT2D eigenvalue weighted by Crippen LogP contribution is 2.33. The molecule has 1 N–H and O–H groups in total. The number of hydrogen-bond donors (Lipinski definition) is 1. The van der Waals surface area contributed by atoms with E-state index in [1.54, 1.807) is 37.4 Å². The van der Waals surface area contributed by atoms with Gasteiger partial charge in [-0.1, -0.05) is 52.4 Å². The Morgan fingerprint density at radius 2 is 2.00 bits per heavy atom. The van der Waals surface area contributed by atoms with Crippen LogP contribution in [0.2, 0.25) is 10.0 Å². The van der Waals surface area contributed by atoms with Crippen LogP contribution in [0.5, 0.6) is 0 Å². The molecule has 0 bridgehead atoms. The summed E-state index contributed by atoms with van der Waals surface area (Å²) in [6, 6.07) is 7.39. The lowest BCUT2D eigenvalue weighted by atomic mass is 10.1. The largest absolute Gasteiger partial charge is 0.296 e. The number of fused-ring (bicyclic) bond motifs is 1. The number of aromatic nitrogens is 5. The molecule has 0 spiro atoms. The SMILES string of the molecule is Cc1nc2c(cnn2C(C)C)cc1C(=O)Nc1nnc(SCc2c(Cl)cccc2Cl)s1. The van der Waals surface area contributed by atoms with Gasteiger partial charge in [-0.2, -0.15) is 5.10 Å². The Labute approximate surface area is 197 Å². The molecule has 1 amide bonds. The van der Waals surface area contributed by atoms with Gasteiger partial charge >= 0.3 is 0 Å². The average molecular weight is 493 g/mol. The lowest BCUT2D eigenvalue weighted by Gasteiger charge is -2.08. The van der Waals surface area contributed by atoms with Gasteiger partial charge in [0.05, 0.1) is 17.5 Å². The Morgan fingerprint density at radius 3 is 2.71 bits per heavy atom. The van der Waals surface area contributed by atoms with E-state index in [2.05, 4.69) is 25.6 Å². The van der Waals surface area contributed by atoms with Crippen LogP contribution in [0, 0.1) is 6.92 Å². The van der Waals surface area contributed by atoms with E-state index in [0.717, 1.165) is 16.6 Å². The van der Waals surface area contributed by atoms with Crippen molar-refractivity contribution in [3.8, 4) is 0 Å². The minimum atomic E-state index is -0.286. The molecule has 1 aromatic carbocycles. The van der Waals surface area contributed by atoms with Crippen LogP contribution in [0.15, 0.2) is 34.8 Å². The molecule has 3 heterocycles. The van der Waals surface area contributed by atoms with Crippen molar-refractivity contribution in [2.45, 2.75) is 36.9 Å². The molecule has 160 valence electrons. The summed E-state index contributed by atoms with van der Waals surface area (Å²) in [6.45, 7) is 5.88. The molecule has 4 aromatic rings. The number of nitrogens with zero attached hydrogens (tertiary/aromatic N) is 5. The zero-order valence-corrected chi connectivity index (χ0v) is 20.0. The third-order valence-electron chi connectivity index (χ3n) is 4.52. The number of carbonyl (C=O) groups is 1. The molecule has 11 heteroatoms. The molecule has 4 rings (SSSR count). The molecule has 0 aliphatic carbocycles. The van der Waals surface area contributed by atoms with Crippen LogP contribution in [-0.2, 0) is 5.75 Å². The van der Waals surface area contributed by atoms with Gasteiger partial charge in [0.1, 0.15) is 0 Å². The van der Waals surface area contributed by atoms with Gasteiger partial charge in [0.2, 0.25) is 5.13 Å². The van der Waals surface area contributed by atoms with Gasteiger partial charge in [-0.25, -0.2) is 9.67 Å². The Morgan fingerprint density at radius 1 is 1.26 bits per heavy atom. The zero-order chi connectivity index (χ0) is 22.1. The minimum absolute atomic E-state index is 0.182. The fourth-order valence-corrected chi connectivity index (χ4v) is 5.45. The first-order valence-electron chi connectivity index (χ1n) is 9.39. The Bertz CT molecular complexity index is 1250. The highest BCUT2D eigenvalue weighted by atomic mass is 35.5. The number of benzene rings is 1. The molecular weight excluding hydrogens is 475 g/mol. The summed E-state index contributed by atoms with van der Waals surface area (Å²) >= 11 is 15.2. The quantitative estimate of drug-likeness (QED) is 0.261. The van der Waals surface area contributed by atoms with E-state index in [1.807, 2.05) is 18.5 Å². The first-order valence-corrected chi connectivity index (χ1v) is 11.9. The van der Waals surface area contributed by atoms with Crippen molar-refractivity contribution in [1.29, 1.82) is 0 Å². The number of carbonyl (C=O) groups excluding carboxylic acids is 1. The minimum Gasteiger partial charge on any atom is -0.296 e. The van der Waals surface area contributed by atoms with E-state index in [1.165, 1.54) is 23.1 Å². The predicted octanol–water partition coefficient (Wildman–Crippen LogP) is 6.02. The van der Waals surface area contributed by atoms with Crippen molar-refractivity contribution in [3.05, 3.63) is 57.3 Å². The number of nitrogens with one attached hydrogen (secondary N) is 1. The number of halogens is 2. The fraction of sp³-hybridized carbons (Fsp3) is 0.250. The standard InChI is InChI=1S/C20H18Cl2N6OS2/c1-10(2)28-17-12(8-23-28)7-13(11(3)24-17)18(29)25-19-26-27-20(31-19)30-9-14-15(21)5-4-6-16(14)22/h4-8,10H,9H2,1-3H3,(H,25,26,29). The van der Waals surface area contributed by atoms with Crippen LogP contribution >= 0.6 is 46.3 Å². The van der Waals surface area contributed by atoms with E-state index in [4.69, 9.17) is 23.2 Å². The summed E-state index contributed by atoms with van der Waals surface area (Å²) in [7, 11) is 0. The smallest absolute Gasteiger partial charge is 0.259 e. The maximum atomic E-state index is 12.8. The molecule has 31 heavy (non-hydrogen) atoms. The van der Waals surface area contributed by atoms with Gasteiger partial charge in [-0.05, 0) is 44.5 Å². The lowest BCUT2D eigenvalue weighted by Crippen LogP contribution is -2.14. The molecule has 0 aliphatic heterocycles. The Balaban J connectivity index is 1.47. The van der Waals surface area contributed by atoms with Crippen LogP contribution in [-0.4, -0.2) is 30.9 Å². The number of rotatable bonds is 6. The van der Waals surface area contributed by atoms with Crippen LogP contribution < -0.4 is 5.32 Å². The van der Waals surface area contributed by atoms with Crippen LogP contribution in [0.1, 0.15) is 41.5 Å². The molecule has 0 aliphatic rings. The van der Waals surface area contributed by atoms with Crippen molar-refractivity contribution in [1.82, 2.24) is 25.0 Å². The summed E-state index contributed by atoms with van der Waals surface area (Å²) in [5.74, 6) is 0.270. The van der Waals surface area contributed by atoms with Crippen LogP contribution in [0.4, 0.5) is 5.13 Å². The third kappa shape index (κ3) is 4.69. The molecule has 0 saturated carbocycles. The lowest BCUT2D eigenvalue weighted by molar-refractivity contribution is 0.102. The van der Waals surface area contributed by atoms with Gasteiger partial charge in [0.15, 0.2) is 9.99 Å². The fourth-order valence-electron chi connectivity index (χ4n) is 2.96. The van der Waals surface area contributed by atoms with Gasteiger partial charge in [-0.15, -0.1) is 10.2 Å². The van der Waals surface area contributed by atoms with E-state index >= 15 is 0 Å². The zero-order valence-electron chi connectivity index (χ0n) is 16.9. The van der Waals surface area contributed by atoms with Crippen molar-refractivity contribution < 1.29 is 4.79 Å². The number of thioether (sulfide) groups is 1. The number of amides is 1. The molecular formula is C20H18Cl2N6OS2. The Kier molecular flexibility index (Phi) is 6.47. The molecule has 3 aromatic heterocycles. The van der Waals surface area contributed by atoms with E-state index < -0.39 is 0 Å². The van der Waals surface area contributed by atoms with Crippen molar-refractivity contribution in [2.75, 3.05) is 5.32 Å². The number of hydrogen-bond acceptors (Lipinski definition) is 7. The second kappa shape index (κ2) is 9.12. The van der Waals surface area contributed by atoms with Gasteiger partial charge in [0.25, 0.3) is 5.91 Å². The second-order valence-corrected chi connectivity index (χ2v) is 10.0.